The van der Waals surface area contributed by atoms with E-state index in [1.54, 1.807) is 0 Å². The van der Waals surface area contributed by atoms with Crippen molar-refractivity contribution < 1.29 is 9.59 Å². The van der Waals surface area contributed by atoms with Crippen LogP contribution in [0.3, 0.4) is 0 Å². The lowest BCUT2D eigenvalue weighted by Crippen LogP contribution is -2.48. The molecule has 3 amide bonds. The van der Waals surface area contributed by atoms with Crippen LogP contribution in [0.4, 0.5) is 10.5 Å². The fraction of sp³-hybridized carbons (Fsp3) is 0.286. The van der Waals surface area contributed by atoms with Crippen molar-refractivity contribution in [2.75, 3.05) is 24.5 Å². The van der Waals surface area contributed by atoms with Gasteiger partial charge in [-0.2, -0.15) is 0 Å². The number of carbonyl (C=O) groups is 2. The maximum Gasteiger partial charge on any atom is 0.324 e. The summed E-state index contributed by atoms with van der Waals surface area (Å²) in [7, 11) is 0. The Kier molecular flexibility index (Phi) is 7.19. The maximum atomic E-state index is 13.5. The molecule has 2 aromatic heterocycles. The number of rotatable bonds is 6. The molecule has 5 aromatic rings. The Morgan fingerprint density at radius 3 is 2.56 bits per heavy atom. The van der Waals surface area contributed by atoms with E-state index in [1.807, 2.05) is 63.4 Å². The summed E-state index contributed by atoms with van der Waals surface area (Å²) >= 11 is 0. The van der Waals surface area contributed by atoms with Crippen molar-refractivity contribution in [3.05, 3.63) is 108 Å². The zero-order valence-electron chi connectivity index (χ0n) is 24.2. The van der Waals surface area contributed by atoms with Crippen molar-refractivity contribution in [1.29, 1.82) is 0 Å². The van der Waals surface area contributed by atoms with Gasteiger partial charge >= 0.3 is 6.03 Å². The Morgan fingerprint density at radius 1 is 0.907 bits per heavy atom. The fourth-order valence-corrected chi connectivity index (χ4v) is 6.78. The Balaban J connectivity index is 1.04. The number of anilines is 1. The highest BCUT2D eigenvalue weighted by atomic mass is 16.2. The number of urea groups is 1. The van der Waals surface area contributed by atoms with Crippen molar-refractivity contribution in [2.45, 2.75) is 38.8 Å². The molecule has 8 nitrogen and oxygen atoms in total. The lowest BCUT2D eigenvalue weighted by atomic mass is 9.96. The number of benzene rings is 3. The molecule has 0 saturated carbocycles. The molecule has 2 aliphatic rings. The first-order valence-corrected chi connectivity index (χ1v) is 15.2. The number of primary amides is 1. The number of imidazole rings is 1. The van der Waals surface area contributed by atoms with Gasteiger partial charge < -0.3 is 19.8 Å². The number of nitrogens with zero attached hydrogens (tertiary/aromatic N) is 5. The molecule has 0 unspecified atom stereocenters. The number of fused-ring (bicyclic) bond motifs is 2. The van der Waals surface area contributed by atoms with Gasteiger partial charge in [0, 0.05) is 49.8 Å². The molecule has 2 aliphatic heterocycles. The first kappa shape index (κ1) is 27.0. The number of aromatic nitrogens is 3. The van der Waals surface area contributed by atoms with Crippen molar-refractivity contribution in [2.24, 2.45) is 11.7 Å². The summed E-state index contributed by atoms with van der Waals surface area (Å²) in [5.41, 5.74) is 11.7. The second-order valence-electron chi connectivity index (χ2n) is 11.8. The van der Waals surface area contributed by atoms with Crippen molar-refractivity contribution >= 4 is 28.4 Å². The summed E-state index contributed by atoms with van der Waals surface area (Å²) in [6.07, 6.45) is 9.68. The van der Waals surface area contributed by atoms with Gasteiger partial charge in [-0.05, 0) is 65.6 Å². The molecule has 2 N–H and O–H groups in total. The molecule has 8 heteroatoms. The summed E-state index contributed by atoms with van der Waals surface area (Å²) in [6.45, 7) is 3.61. The van der Waals surface area contributed by atoms with Gasteiger partial charge in [-0.15, -0.1) is 0 Å². The van der Waals surface area contributed by atoms with E-state index < -0.39 is 5.91 Å². The molecule has 3 aromatic carbocycles. The summed E-state index contributed by atoms with van der Waals surface area (Å²) < 4.78 is 4.12. The third kappa shape index (κ3) is 5.29. The summed E-state index contributed by atoms with van der Waals surface area (Å²) in [5, 5.41) is 2.29. The van der Waals surface area contributed by atoms with Gasteiger partial charge in [0.25, 0.3) is 5.91 Å². The Morgan fingerprint density at radius 2 is 1.70 bits per heavy atom. The van der Waals surface area contributed by atoms with E-state index in [1.165, 1.54) is 5.56 Å². The van der Waals surface area contributed by atoms with Crippen LogP contribution in [0.2, 0.25) is 0 Å². The topological polar surface area (TPSA) is 89.4 Å². The standard InChI is InChI=1S/C35H36N6O2/c36-34(42)33-19-28(31-12-5-9-26-7-1-3-11-30(26)31)22-39(33)23-29-20-37-24-40(29)21-25-14-17-38(18-15-25)35(43)41-16-6-10-27-8-2-4-13-32(27)41/h1-5,7-9,11-13,19-20,22,24-25H,6,10,14-18,21,23H2,(H2,36,42). The molecular formula is C35H36N6O2. The van der Waals surface area contributed by atoms with E-state index >= 15 is 0 Å². The van der Waals surface area contributed by atoms with E-state index in [9.17, 15) is 9.59 Å². The number of aryl methyl sites for hydroxylation is 1. The van der Waals surface area contributed by atoms with Crippen LogP contribution in [0.1, 0.15) is 41.0 Å². The number of amides is 3. The van der Waals surface area contributed by atoms with Gasteiger partial charge in [0.2, 0.25) is 0 Å². The van der Waals surface area contributed by atoms with Crippen LogP contribution in [0, 0.1) is 5.92 Å². The van der Waals surface area contributed by atoms with Gasteiger partial charge in [-0.1, -0.05) is 60.7 Å². The second-order valence-corrected chi connectivity index (χ2v) is 11.8. The molecule has 1 saturated heterocycles. The minimum Gasteiger partial charge on any atom is -0.364 e. The number of hydrogen-bond donors (Lipinski definition) is 1. The fourth-order valence-electron chi connectivity index (χ4n) is 6.78. The first-order valence-electron chi connectivity index (χ1n) is 15.2. The van der Waals surface area contributed by atoms with Crippen molar-refractivity contribution in [1.82, 2.24) is 19.0 Å². The van der Waals surface area contributed by atoms with E-state index in [-0.39, 0.29) is 6.03 Å². The van der Waals surface area contributed by atoms with Crippen LogP contribution in [0.15, 0.2) is 91.5 Å². The molecule has 0 radical (unpaired) electrons. The lowest BCUT2D eigenvalue weighted by molar-refractivity contribution is 0.0991. The smallest absolute Gasteiger partial charge is 0.324 e. The maximum absolute atomic E-state index is 13.5. The Labute approximate surface area is 251 Å². The lowest BCUT2D eigenvalue weighted by Gasteiger charge is -2.38. The molecule has 0 atom stereocenters. The van der Waals surface area contributed by atoms with E-state index in [4.69, 9.17) is 5.73 Å². The predicted octanol–water partition coefficient (Wildman–Crippen LogP) is 5.94. The third-order valence-corrected chi connectivity index (χ3v) is 9.06. The minimum absolute atomic E-state index is 0.127. The number of carbonyl (C=O) groups excluding carboxylic acids is 2. The van der Waals surface area contributed by atoms with Gasteiger partial charge in [0.05, 0.1) is 18.6 Å². The molecule has 0 bridgehead atoms. The average Bonchev–Trinajstić information content (AvgIpc) is 3.67. The summed E-state index contributed by atoms with van der Waals surface area (Å²) in [5.74, 6) is -0.0110. The molecule has 0 spiro atoms. The number of para-hydroxylation sites is 1. The average molecular weight is 573 g/mol. The molecule has 218 valence electrons. The van der Waals surface area contributed by atoms with Gasteiger partial charge in [-0.3, -0.25) is 9.69 Å². The third-order valence-electron chi connectivity index (χ3n) is 9.06. The van der Waals surface area contributed by atoms with Crippen molar-refractivity contribution in [3.63, 3.8) is 0 Å². The van der Waals surface area contributed by atoms with Gasteiger partial charge in [-0.25, -0.2) is 9.78 Å². The number of likely N-dealkylation sites (tertiary alicyclic amines) is 1. The summed E-state index contributed by atoms with van der Waals surface area (Å²) in [4.78, 5) is 34.4. The Bertz CT molecular complexity index is 1790. The minimum atomic E-state index is -0.453. The molecule has 43 heavy (non-hydrogen) atoms. The Hall–Kier alpha value is -4.85. The van der Waals surface area contributed by atoms with Crippen LogP contribution in [-0.2, 0) is 19.5 Å². The van der Waals surface area contributed by atoms with E-state index in [0.29, 0.717) is 18.2 Å². The SMILES string of the molecule is NC(=O)c1cc(-c2cccc3ccccc23)cn1Cc1cncn1CC1CCN(C(=O)N2CCCc3ccccc32)CC1. The first-order chi connectivity index (χ1) is 21.0. The van der Waals surface area contributed by atoms with Crippen LogP contribution in [-0.4, -0.2) is 50.6 Å². The van der Waals surface area contributed by atoms with Gasteiger partial charge in [0.1, 0.15) is 5.69 Å². The summed E-state index contributed by atoms with van der Waals surface area (Å²) in [6, 6.07) is 24.8. The number of nitrogens with two attached hydrogens (primary N) is 1. The zero-order valence-corrected chi connectivity index (χ0v) is 24.2. The highest BCUT2D eigenvalue weighted by Crippen LogP contribution is 2.31. The molecule has 1 fully saturated rings. The van der Waals surface area contributed by atoms with Crippen LogP contribution in [0.5, 0.6) is 0 Å². The molecular weight excluding hydrogens is 536 g/mol. The quantitative estimate of drug-likeness (QED) is 0.273. The monoisotopic (exact) mass is 572 g/mol. The number of hydrogen-bond acceptors (Lipinski definition) is 3. The zero-order chi connectivity index (χ0) is 29.3. The van der Waals surface area contributed by atoms with Crippen LogP contribution in [0.25, 0.3) is 21.9 Å². The molecule has 4 heterocycles. The normalized spacial score (nSPS) is 15.5. The highest BCUT2D eigenvalue weighted by molar-refractivity contribution is 5.99. The predicted molar refractivity (Wildman–Crippen MR) is 169 cm³/mol. The highest BCUT2D eigenvalue weighted by Gasteiger charge is 2.30. The van der Waals surface area contributed by atoms with Crippen molar-refractivity contribution in [3.8, 4) is 11.1 Å². The van der Waals surface area contributed by atoms with E-state index in [0.717, 1.165) is 85.1 Å². The molecule has 0 aliphatic carbocycles. The largest absolute Gasteiger partial charge is 0.364 e. The number of piperidine rings is 1. The van der Waals surface area contributed by atoms with Crippen LogP contribution >= 0.6 is 0 Å². The molecule has 7 rings (SSSR count). The van der Waals surface area contributed by atoms with Crippen LogP contribution < -0.4 is 10.6 Å². The second kappa shape index (κ2) is 11.4. The van der Waals surface area contributed by atoms with Gasteiger partial charge in [0.15, 0.2) is 0 Å². The van der Waals surface area contributed by atoms with E-state index in [2.05, 4.69) is 52.0 Å².